The van der Waals surface area contributed by atoms with E-state index in [1.807, 2.05) is 0 Å². The van der Waals surface area contributed by atoms with Crippen molar-refractivity contribution in [1.29, 1.82) is 0 Å². The molecule has 4 nitrogen and oxygen atoms in total. The summed E-state index contributed by atoms with van der Waals surface area (Å²) in [5.41, 5.74) is 0.238. The Labute approximate surface area is 110 Å². The molecule has 2 saturated heterocycles. The maximum Gasteiger partial charge on any atom is 0.220 e. The van der Waals surface area contributed by atoms with Crippen LogP contribution in [0.5, 0.6) is 0 Å². The van der Waals surface area contributed by atoms with Crippen molar-refractivity contribution in [2.75, 3.05) is 32.8 Å². The summed E-state index contributed by atoms with van der Waals surface area (Å²) in [4.78, 5) is 11.9. The number of amides is 1. The van der Waals surface area contributed by atoms with Gasteiger partial charge in [0.1, 0.15) is 0 Å². The number of ether oxygens (including phenoxy) is 1. The first-order valence-electron chi connectivity index (χ1n) is 7.23. The number of rotatable bonds is 4. The summed E-state index contributed by atoms with van der Waals surface area (Å²) in [7, 11) is 0. The molecule has 0 aromatic rings. The predicted molar refractivity (Wildman–Crippen MR) is 71.4 cm³/mol. The van der Waals surface area contributed by atoms with Crippen LogP contribution in [0.4, 0.5) is 0 Å². The van der Waals surface area contributed by atoms with Crippen LogP contribution in [0, 0.1) is 11.3 Å². The second kappa shape index (κ2) is 6.53. The van der Waals surface area contributed by atoms with Gasteiger partial charge in [0, 0.05) is 26.2 Å². The van der Waals surface area contributed by atoms with Gasteiger partial charge in [0.2, 0.25) is 5.91 Å². The zero-order valence-electron chi connectivity index (χ0n) is 11.5. The van der Waals surface area contributed by atoms with Crippen LogP contribution in [0.25, 0.3) is 0 Å². The van der Waals surface area contributed by atoms with Crippen molar-refractivity contribution in [2.45, 2.75) is 39.0 Å². The number of piperidine rings is 1. The minimum Gasteiger partial charge on any atom is -0.381 e. The fourth-order valence-corrected chi connectivity index (χ4v) is 2.77. The van der Waals surface area contributed by atoms with Gasteiger partial charge >= 0.3 is 0 Å². The van der Waals surface area contributed by atoms with Crippen molar-refractivity contribution < 1.29 is 9.53 Å². The summed E-state index contributed by atoms with van der Waals surface area (Å²) in [6.07, 6.45) is 5.09. The van der Waals surface area contributed by atoms with Crippen molar-refractivity contribution >= 4 is 5.91 Å². The fourth-order valence-electron chi connectivity index (χ4n) is 2.77. The van der Waals surface area contributed by atoms with Gasteiger partial charge in [0.15, 0.2) is 0 Å². The lowest BCUT2D eigenvalue weighted by molar-refractivity contribution is -0.123. The summed E-state index contributed by atoms with van der Waals surface area (Å²) in [6, 6.07) is 0. The first-order valence-corrected chi connectivity index (χ1v) is 7.23. The van der Waals surface area contributed by atoms with Crippen LogP contribution in [0.3, 0.4) is 0 Å². The summed E-state index contributed by atoms with van der Waals surface area (Å²) < 4.78 is 5.37. The Kier molecular flexibility index (Phi) is 5.01. The highest BCUT2D eigenvalue weighted by molar-refractivity contribution is 5.76. The molecule has 2 fully saturated rings. The number of nitrogens with one attached hydrogen (secondary N) is 2. The van der Waals surface area contributed by atoms with Gasteiger partial charge in [0.05, 0.1) is 0 Å². The van der Waals surface area contributed by atoms with E-state index in [0.29, 0.717) is 12.3 Å². The van der Waals surface area contributed by atoms with Gasteiger partial charge in [-0.05, 0) is 50.1 Å². The van der Waals surface area contributed by atoms with Gasteiger partial charge in [-0.3, -0.25) is 4.79 Å². The van der Waals surface area contributed by atoms with Crippen LogP contribution >= 0.6 is 0 Å². The molecule has 0 aromatic heterocycles. The smallest absolute Gasteiger partial charge is 0.220 e. The second-order valence-electron chi connectivity index (χ2n) is 6.10. The molecule has 2 N–H and O–H groups in total. The lowest BCUT2D eigenvalue weighted by Crippen LogP contribution is -2.40. The third-order valence-corrected chi connectivity index (χ3v) is 4.35. The highest BCUT2D eigenvalue weighted by Crippen LogP contribution is 2.28. The van der Waals surface area contributed by atoms with E-state index < -0.39 is 0 Å². The van der Waals surface area contributed by atoms with Crippen LogP contribution in [0.1, 0.15) is 39.0 Å². The SMILES string of the molecule is CC1(CNC(=O)CC2CCNCC2)CCOCC1. The van der Waals surface area contributed by atoms with Crippen molar-refractivity contribution in [3.63, 3.8) is 0 Å². The van der Waals surface area contributed by atoms with Crippen LogP contribution < -0.4 is 10.6 Å². The van der Waals surface area contributed by atoms with E-state index in [0.717, 1.165) is 58.5 Å². The molecule has 0 bridgehead atoms. The van der Waals surface area contributed by atoms with Gasteiger partial charge in [-0.1, -0.05) is 6.92 Å². The van der Waals surface area contributed by atoms with Crippen molar-refractivity contribution in [2.24, 2.45) is 11.3 Å². The molecule has 0 atom stereocenters. The Balaban J connectivity index is 1.67. The van der Waals surface area contributed by atoms with E-state index in [2.05, 4.69) is 17.6 Å². The van der Waals surface area contributed by atoms with E-state index in [1.165, 1.54) is 0 Å². The van der Waals surface area contributed by atoms with E-state index in [-0.39, 0.29) is 11.3 Å². The minimum atomic E-state index is 0.231. The molecule has 0 unspecified atom stereocenters. The quantitative estimate of drug-likeness (QED) is 0.795. The Morgan fingerprint density at radius 3 is 2.67 bits per heavy atom. The van der Waals surface area contributed by atoms with Gasteiger partial charge in [-0.15, -0.1) is 0 Å². The first-order chi connectivity index (χ1) is 8.68. The highest BCUT2D eigenvalue weighted by Gasteiger charge is 2.28. The largest absolute Gasteiger partial charge is 0.381 e. The molecule has 4 heteroatoms. The van der Waals surface area contributed by atoms with Crippen molar-refractivity contribution in [3.8, 4) is 0 Å². The molecule has 0 aliphatic carbocycles. The van der Waals surface area contributed by atoms with E-state index in [4.69, 9.17) is 4.74 Å². The highest BCUT2D eigenvalue weighted by atomic mass is 16.5. The van der Waals surface area contributed by atoms with Crippen molar-refractivity contribution in [3.05, 3.63) is 0 Å². The predicted octanol–water partition coefficient (Wildman–Crippen LogP) is 1.31. The number of hydrogen-bond acceptors (Lipinski definition) is 3. The fraction of sp³-hybridized carbons (Fsp3) is 0.929. The number of carbonyl (C=O) groups is 1. The summed E-state index contributed by atoms with van der Waals surface area (Å²) in [5.74, 6) is 0.809. The van der Waals surface area contributed by atoms with Gasteiger partial charge in [-0.25, -0.2) is 0 Å². The maximum absolute atomic E-state index is 11.9. The Morgan fingerprint density at radius 2 is 2.00 bits per heavy atom. The van der Waals surface area contributed by atoms with E-state index >= 15 is 0 Å². The summed E-state index contributed by atoms with van der Waals surface area (Å²) in [5, 5.41) is 6.46. The van der Waals surface area contributed by atoms with E-state index in [1.54, 1.807) is 0 Å². The topological polar surface area (TPSA) is 50.4 Å². The molecule has 2 aliphatic rings. The number of carbonyl (C=O) groups excluding carboxylic acids is 1. The lowest BCUT2D eigenvalue weighted by atomic mass is 9.82. The van der Waals surface area contributed by atoms with Crippen molar-refractivity contribution in [1.82, 2.24) is 10.6 Å². The molecule has 0 radical (unpaired) electrons. The standard InChI is InChI=1S/C14H26N2O2/c1-14(4-8-18-9-5-14)11-16-13(17)10-12-2-6-15-7-3-12/h12,15H,2-11H2,1H3,(H,16,17). The van der Waals surface area contributed by atoms with Gasteiger partial charge in [-0.2, -0.15) is 0 Å². The minimum absolute atomic E-state index is 0.231. The zero-order valence-corrected chi connectivity index (χ0v) is 11.5. The Bertz CT molecular complexity index is 269. The third-order valence-electron chi connectivity index (χ3n) is 4.35. The molecule has 0 saturated carbocycles. The van der Waals surface area contributed by atoms with Gasteiger partial charge in [0.25, 0.3) is 0 Å². The van der Waals surface area contributed by atoms with Crippen LogP contribution in [-0.4, -0.2) is 38.8 Å². The normalized spacial score (nSPS) is 24.7. The molecule has 2 aliphatic heterocycles. The maximum atomic E-state index is 11.9. The first kappa shape index (κ1) is 13.8. The Morgan fingerprint density at radius 1 is 1.33 bits per heavy atom. The molecule has 2 heterocycles. The summed E-state index contributed by atoms with van der Waals surface area (Å²) in [6.45, 7) is 6.85. The zero-order chi connectivity index (χ0) is 12.8. The van der Waals surface area contributed by atoms with Crippen LogP contribution in [-0.2, 0) is 9.53 Å². The van der Waals surface area contributed by atoms with E-state index in [9.17, 15) is 4.79 Å². The molecular weight excluding hydrogens is 228 g/mol. The molecule has 2 rings (SSSR count). The molecular formula is C14H26N2O2. The lowest BCUT2D eigenvalue weighted by Gasteiger charge is -2.33. The molecule has 0 spiro atoms. The number of hydrogen-bond donors (Lipinski definition) is 2. The molecule has 0 aromatic carbocycles. The van der Waals surface area contributed by atoms with Crippen LogP contribution in [0.15, 0.2) is 0 Å². The molecule has 1 amide bonds. The monoisotopic (exact) mass is 254 g/mol. The third kappa shape index (κ3) is 4.25. The second-order valence-corrected chi connectivity index (χ2v) is 6.10. The average Bonchev–Trinajstić information content (AvgIpc) is 2.39. The van der Waals surface area contributed by atoms with Crippen LogP contribution in [0.2, 0.25) is 0 Å². The molecule has 18 heavy (non-hydrogen) atoms. The van der Waals surface area contributed by atoms with Gasteiger partial charge < -0.3 is 15.4 Å². The average molecular weight is 254 g/mol. The molecule has 104 valence electrons. The Hall–Kier alpha value is -0.610. The summed E-state index contributed by atoms with van der Waals surface area (Å²) >= 11 is 0.